The number of aliphatic carboxylic acids is 1. The number of hydrogen-bond donors (Lipinski definition) is 2. The number of carbonyl (C=O) groups is 2. The van der Waals surface area contributed by atoms with Crippen molar-refractivity contribution in [3.63, 3.8) is 0 Å². The van der Waals surface area contributed by atoms with Gasteiger partial charge < -0.3 is 15.3 Å². The average Bonchev–Trinajstić information content (AvgIpc) is 3.01. The minimum absolute atomic E-state index is 0.284. The van der Waals surface area contributed by atoms with E-state index in [1.807, 2.05) is 24.6 Å². The maximum atomic E-state index is 12.0. The van der Waals surface area contributed by atoms with Crippen molar-refractivity contribution in [2.45, 2.75) is 45.7 Å². The fraction of sp³-hybridized carbons (Fsp3) is 0.643. The molecule has 2 heterocycles. The molecule has 1 fully saturated rings. The molecule has 0 spiro atoms. The molecule has 1 atom stereocenters. The third kappa shape index (κ3) is 3.74. The molecular formula is C14H22N4O3. The van der Waals surface area contributed by atoms with Crippen LogP contribution in [0.25, 0.3) is 0 Å². The van der Waals surface area contributed by atoms with Gasteiger partial charge in [-0.25, -0.2) is 9.59 Å². The molecule has 1 aliphatic rings. The molecule has 0 saturated carbocycles. The van der Waals surface area contributed by atoms with Crippen molar-refractivity contribution in [2.75, 3.05) is 13.1 Å². The molecule has 1 aliphatic heterocycles. The van der Waals surface area contributed by atoms with Gasteiger partial charge in [-0.1, -0.05) is 0 Å². The summed E-state index contributed by atoms with van der Waals surface area (Å²) in [5.74, 6) is -0.926. The Morgan fingerprint density at radius 2 is 2.24 bits per heavy atom. The molecule has 0 radical (unpaired) electrons. The van der Waals surface area contributed by atoms with Crippen LogP contribution in [0.3, 0.4) is 0 Å². The molecule has 0 aromatic carbocycles. The summed E-state index contributed by atoms with van der Waals surface area (Å²) < 4.78 is 1.91. The third-order valence-corrected chi connectivity index (χ3v) is 3.72. The summed E-state index contributed by atoms with van der Waals surface area (Å²) in [5.41, 5.74) is 2.09. The van der Waals surface area contributed by atoms with Crippen LogP contribution in [0.5, 0.6) is 0 Å². The predicted molar refractivity (Wildman–Crippen MR) is 77.1 cm³/mol. The predicted octanol–water partition coefficient (Wildman–Crippen LogP) is 1.15. The summed E-state index contributed by atoms with van der Waals surface area (Å²) in [6.45, 7) is 5.72. The zero-order valence-electron chi connectivity index (χ0n) is 12.5. The maximum absolute atomic E-state index is 12.0. The lowest BCUT2D eigenvalue weighted by molar-refractivity contribution is -0.141. The highest BCUT2D eigenvalue weighted by Crippen LogP contribution is 2.17. The topological polar surface area (TPSA) is 87.5 Å². The minimum atomic E-state index is -0.926. The second-order valence-electron chi connectivity index (χ2n) is 5.43. The Morgan fingerprint density at radius 3 is 2.86 bits per heavy atom. The van der Waals surface area contributed by atoms with Crippen LogP contribution in [-0.2, 0) is 11.3 Å². The number of urea groups is 1. The van der Waals surface area contributed by atoms with Crippen LogP contribution in [0.15, 0.2) is 6.07 Å². The van der Waals surface area contributed by atoms with E-state index in [4.69, 9.17) is 5.11 Å². The lowest BCUT2D eigenvalue weighted by Gasteiger charge is -2.21. The monoisotopic (exact) mass is 294 g/mol. The van der Waals surface area contributed by atoms with Crippen molar-refractivity contribution >= 4 is 12.0 Å². The van der Waals surface area contributed by atoms with E-state index in [2.05, 4.69) is 10.4 Å². The van der Waals surface area contributed by atoms with Gasteiger partial charge in [0.1, 0.15) is 6.04 Å². The average molecular weight is 294 g/mol. The van der Waals surface area contributed by atoms with Crippen molar-refractivity contribution in [2.24, 2.45) is 0 Å². The molecule has 2 N–H and O–H groups in total. The van der Waals surface area contributed by atoms with Crippen LogP contribution in [0.4, 0.5) is 4.79 Å². The van der Waals surface area contributed by atoms with Gasteiger partial charge in [0.05, 0.1) is 5.69 Å². The van der Waals surface area contributed by atoms with Gasteiger partial charge in [-0.3, -0.25) is 4.68 Å². The van der Waals surface area contributed by atoms with Crippen LogP contribution in [-0.4, -0.2) is 50.9 Å². The largest absolute Gasteiger partial charge is 0.480 e. The Bertz CT molecular complexity index is 526. The highest BCUT2D eigenvalue weighted by atomic mass is 16.4. The molecule has 0 bridgehead atoms. The molecule has 0 aliphatic carbocycles. The molecule has 7 nitrogen and oxygen atoms in total. The number of carboxylic acid groups (broad SMARTS) is 1. The molecule has 21 heavy (non-hydrogen) atoms. The second kappa shape index (κ2) is 6.60. The lowest BCUT2D eigenvalue weighted by atomic mass is 10.2. The first-order valence-electron chi connectivity index (χ1n) is 7.27. The molecule has 2 rings (SSSR count). The van der Waals surface area contributed by atoms with E-state index in [1.165, 1.54) is 4.90 Å². The smallest absolute Gasteiger partial charge is 0.326 e. The van der Waals surface area contributed by atoms with E-state index in [1.54, 1.807) is 0 Å². The van der Waals surface area contributed by atoms with Crippen molar-refractivity contribution in [3.05, 3.63) is 17.5 Å². The van der Waals surface area contributed by atoms with E-state index in [0.717, 1.165) is 30.8 Å². The summed E-state index contributed by atoms with van der Waals surface area (Å²) >= 11 is 0. The van der Waals surface area contributed by atoms with E-state index in [9.17, 15) is 9.59 Å². The van der Waals surface area contributed by atoms with Crippen LogP contribution in [0, 0.1) is 13.8 Å². The summed E-state index contributed by atoms with van der Waals surface area (Å²) in [5, 5.41) is 16.2. The van der Waals surface area contributed by atoms with Crippen LogP contribution in [0.2, 0.25) is 0 Å². The zero-order valence-corrected chi connectivity index (χ0v) is 12.5. The normalized spacial score (nSPS) is 18.0. The van der Waals surface area contributed by atoms with Gasteiger partial charge in [-0.15, -0.1) is 0 Å². The zero-order chi connectivity index (χ0) is 15.4. The van der Waals surface area contributed by atoms with E-state index in [0.29, 0.717) is 19.5 Å². The van der Waals surface area contributed by atoms with E-state index < -0.39 is 12.0 Å². The number of aryl methyl sites for hydroxylation is 3. The molecule has 1 saturated heterocycles. The fourth-order valence-corrected chi connectivity index (χ4v) is 2.69. The van der Waals surface area contributed by atoms with Gasteiger partial charge >= 0.3 is 12.0 Å². The highest BCUT2D eigenvalue weighted by molar-refractivity contribution is 5.83. The lowest BCUT2D eigenvalue weighted by Crippen LogP contribution is -2.46. The van der Waals surface area contributed by atoms with Crippen LogP contribution >= 0.6 is 0 Å². The standard InChI is InChI=1S/C14H22N4O3/c1-10-9-11(2)18(16-10)8-4-6-15-14(21)17-7-3-5-12(17)13(19)20/h9,12H,3-8H2,1-2H3,(H,15,21)(H,19,20)/t12-/m0/s1. The summed E-state index contributed by atoms with van der Waals surface area (Å²) in [6.07, 6.45) is 2.05. The number of likely N-dealkylation sites (tertiary alicyclic amines) is 1. The van der Waals surface area contributed by atoms with Crippen molar-refractivity contribution < 1.29 is 14.7 Å². The summed E-state index contributed by atoms with van der Waals surface area (Å²) in [4.78, 5) is 24.4. The van der Waals surface area contributed by atoms with E-state index in [-0.39, 0.29) is 6.03 Å². The van der Waals surface area contributed by atoms with Gasteiger partial charge in [-0.05, 0) is 39.2 Å². The fourth-order valence-electron chi connectivity index (χ4n) is 2.69. The maximum Gasteiger partial charge on any atom is 0.326 e. The van der Waals surface area contributed by atoms with Gasteiger partial charge in [0.15, 0.2) is 0 Å². The van der Waals surface area contributed by atoms with Crippen molar-refractivity contribution in [3.8, 4) is 0 Å². The molecule has 7 heteroatoms. The second-order valence-corrected chi connectivity index (χ2v) is 5.43. The Hall–Kier alpha value is -2.05. The Labute approximate surface area is 123 Å². The summed E-state index contributed by atoms with van der Waals surface area (Å²) in [6, 6.07) is 1.05. The molecule has 116 valence electrons. The highest BCUT2D eigenvalue weighted by Gasteiger charge is 2.33. The SMILES string of the molecule is Cc1cc(C)n(CCCNC(=O)N2CCC[C@H]2C(=O)O)n1. The number of amides is 2. The first kappa shape index (κ1) is 15.3. The molecule has 1 aromatic rings. The summed E-state index contributed by atoms with van der Waals surface area (Å²) in [7, 11) is 0. The number of rotatable bonds is 5. The number of nitrogens with one attached hydrogen (secondary N) is 1. The molecular weight excluding hydrogens is 272 g/mol. The number of carbonyl (C=O) groups excluding carboxylic acids is 1. The van der Waals surface area contributed by atoms with Gasteiger partial charge in [0.25, 0.3) is 0 Å². The quantitative estimate of drug-likeness (QED) is 0.797. The Balaban J connectivity index is 1.74. The minimum Gasteiger partial charge on any atom is -0.480 e. The first-order chi connectivity index (χ1) is 9.99. The van der Waals surface area contributed by atoms with Gasteiger partial charge in [-0.2, -0.15) is 5.10 Å². The molecule has 0 unspecified atom stereocenters. The number of nitrogens with zero attached hydrogens (tertiary/aromatic N) is 3. The van der Waals surface area contributed by atoms with E-state index >= 15 is 0 Å². The van der Waals surface area contributed by atoms with Crippen molar-refractivity contribution in [1.29, 1.82) is 0 Å². The Morgan fingerprint density at radius 1 is 1.48 bits per heavy atom. The number of hydrogen-bond acceptors (Lipinski definition) is 3. The van der Waals surface area contributed by atoms with Crippen molar-refractivity contribution in [1.82, 2.24) is 20.0 Å². The number of carboxylic acids is 1. The third-order valence-electron chi connectivity index (χ3n) is 3.72. The van der Waals surface area contributed by atoms with Gasteiger partial charge in [0.2, 0.25) is 0 Å². The molecule has 1 aromatic heterocycles. The van der Waals surface area contributed by atoms with Crippen LogP contribution in [0.1, 0.15) is 30.7 Å². The first-order valence-corrected chi connectivity index (χ1v) is 7.27. The van der Waals surface area contributed by atoms with Crippen LogP contribution < -0.4 is 5.32 Å². The molecule has 2 amide bonds. The van der Waals surface area contributed by atoms with Gasteiger partial charge in [0, 0.05) is 25.3 Å². The Kier molecular flexibility index (Phi) is 4.82. The number of aromatic nitrogens is 2.